The van der Waals surface area contributed by atoms with E-state index in [9.17, 15) is 0 Å². The molecule has 0 aliphatic heterocycles. The largest absolute Gasteiger partial charge is 0.378 e. The van der Waals surface area contributed by atoms with Crippen LogP contribution in [-0.4, -0.2) is 18.6 Å². The molecule has 1 aliphatic carbocycles. The average Bonchev–Trinajstić information content (AvgIpc) is 2.11. The first-order chi connectivity index (χ1) is 6.72. The third kappa shape index (κ3) is 4.65. The fourth-order valence-corrected chi connectivity index (χ4v) is 2.64. The molecule has 1 nitrogen and oxygen atoms in total. The summed E-state index contributed by atoms with van der Waals surface area (Å²) in [5, 5.41) is 0. The van der Waals surface area contributed by atoms with Gasteiger partial charge >= 0.3 is 0 Å². The summed E-state index contributed by atoms with van der Waals surface area (Å²) in [7, 11) is 0. The van der Waals surface area contributed by atoms with Crippen LogP contribution in [0.3, 0.4) is 0 Å². The van der Waals surface area contributed by atoms with Crippen LogP contribution in [0.2, 0.25) is 0 Å². The number of hydrogen-bond donors (Lipinski definition) is 0. The highest BCUT2D eigenvalue weighted by Crippen LogP contribution is 2.30. The zero-order chi connectivity index (χ0) is 10.4. The predicted molar refractivity (Wildman–Crippen MR) is 61.9 cm³/mol. The molecule has 0 N–H and O–H groups in total. The Morgan fingerprint density at radius 2 is 1.71 bits per heavy atom. The van der Waals surface area contributed by atoms with Crippen molar-refractivity contribution < 1.29 is 4.74 Å². The number of ether oxygens (including phenoxy) is 1. The van der Waals surface area contributed by atoms with Crippen molar-refractivity contribution in [3.63, 3.8) is 0 Å². The van der Waals surface area contributed by atoms with E-state index in [-0.39, 0.29) is 0 Å². The summed E-state index contributed by atoms with van der Waals surface area (Å²) in [5.41, 5.74) is 0. The minimum absolute atomic E-state index is 0.518. The molecule has 1 rings (SSSR count). The molecule has 0 spiro atoms. The van der Waals surface area contributed by atoms with Crippen LogP contribution >= 0.6 is 11.6 Å². The van der Waals surface area contributed by atoms with Crippen molar-refractivity contribution in [1.29, 1.82) is 0 Å². The van der Waals surface area contributed by atoms with Crippen molar-refractivity contribution in [1.82, 2.24) is 0 Å². The topological polar surface area (TPSA) is 9.23 Å². The van der Waals surface area contributed by atoms with Crippen molar-refractivity contribution in [3.05, 3.63) is 0 Å². The molecule has 1 saturated carbocycles. The first-order valence-corrected chi connectivity index (χ1v) is 6.43. The van der Waals surface area contributed by atoms with Gasteiger partial charge in [0.05, 0.1) is 6.10 Å². The standard InChI is InChI=1S/C12H23ClO/c1-10-7-11(2)9-12(8-10)14-6-4-3-5-13/h10-12H,3-9H2,1-2H3. The quantitative estimate of drug-likeness (QED) is 0.503. The Labute approximate surface area is 93.2 Å². The van der Waals surface area contributed by atoms with Gasteiger partial charge in [-0.05, 0) is 43.9 Å². The fraction of sp³-hybridized carbons (Fsp3) is 1.00. The molecule has 0 aromatic carbocycles. The molecule has 1 fully saturated rings. The van der Waals surface area contributed by atoms with Crippen LogP contribution in [0.5, 0.6) is 0 Å². The Morgan fingerprint density at radius 1 is 1.07 bits per heavy atom. The Morgan fingerprint density at radius 3 is 2.29 bits per heavy atom. The van der Waals surface area contributed by atoms with Gasteiger partial charge < -0.3 is 4.74 Å². The Bertz CT molecular complexity index is 139. The van der Waals surface area contributed by atoms with Gasteiger partial charge in [0.15, 0.2) is 0 Å². The smallest absolute Gasteiger partial charge is 0.0580 e. The van der Waals surface area contributed by atoms with Crippen LogP contribution in [0, 0.1) is 11.8 Å². The lowest BCUT2D eigenvalue weighted by atomic mass is 9.82. The molecule has 14 heavy (non-hydrogen) atoms. The number of hydrogen-bond acceptors (Lipinski definition) is 1. The zero-order valence-corrected chi connectivity index (χ0v) is 10.2. The molecule has 84 valence electrons. The third-order valence-corrected chi connectivity index (χ3v) is 3.28. The Balaban J connectivity index is 2.10. The van der Waals surface area contributed by atoms with Gasteiger partial charge in [-0.2, -0.15) is 0 Å². The number of unbranched alkanes of at least 4 members (excludes halogenated alkanes) is 1. The maximum absolute atomic E-state index is 5.87. The van der Waals surface area contributed by atoms with Gasteiger partial charge in [0.2, 0.25) is 0 Å². The van der Waals surface area contributed by atoms with Gasteiger partial charge in [-0.1, -0.05) is 13.8 Å². The summed E-state index contributed by atoms with van der Waals surface area (Å²) in [6.07, 6.45) is 6.60. The first-order valence-electron chi connectivity index (χ1n) is 5.90. The van der Waals surface area contributed by atoms with Crippen molar-refractivity contribution in [3.8, 4) is 0 Å². The van der Waals surface area contributed by atoms with Crippen LogP contribution < -0.4 is 0 Å². The first kappa shape index (κ1) is 12.3. The minimum Gasteiger partial charge on any atom is -0.378 e. The second-order valence-electron chi connectivity index (χ2n) is 4.81. The maximum Gasteiger partial charge on any atom is 0.0580 e. The second-order valence-corrected chi connectivity index (χ2v) is 5.18. The van der Waals surface area contributed by atoms with Crippen LogP contribution in [0.1, 0.15) is 46.0 Å². The van der Waals surface area contributed by atoms with Crippen molar-refractivity contribution >= 4 is 11.6 Å². The predicted octanol–water partition coefficient (Wildman–Crippen LogP) is 3.85. The average molecular weight is 219 g/mol. The Hall–Kier alpha value is 0.250. The number of alkyl halides is 1. The van der Waals surface area contributed by atoms with E-state index < -0.39 is 0 Å². The van der Waals surface area contributed by atoms with E-state index in [0.29, 0.717) is 6.10 Å². The van der Waals surface area contributed by atoms with Gasteiger partial charge in [-0.25, -0.2) is 0 Å². The molecule has 2 atom stereocenters. The number of rotatable bonds is 5. The summed E-state index contributed by atoms with van der Waals surface area (Å²) in [4.78, 5) is 0. The van der Waals surface area contributed by atoms with Crippen LogP contribution in [0.25, 0.3) is 0 Å². The van der Waals surface area contributed by atoms with E-state index in [1.54, 1.807) is 0 Å². The van der Waals surface area contributed by atoms with Crippen molar-refractivity contribution in [2.75, 3.05) is 12.5 Å². The highest BCUT2D eigenvalue weighted by molar-refractivity contribution is 6.17. The lowest BCUT2D eigenvalue weighted by Gasteiger charge is -2.31. The van der Waals surface area contributed by atoms with Gasteiger partial charge in [-0.15, -0.1) is 11.6 Å². The molecule has 0 aromatic rings. The fourth-order valence-electron chi connectivity index (χ4n) is 2.46. The summed E-state index contributed by atoms with van der Waals surface area (Å²) in [6, 6.07) is 0. The summed E-state index contributed by atoms with van der Waals surface area (Å²) < 4.78 is 5.87. The lowest BCUT2D eigenvalue weighted by Crippen LogP contribution is -2.26. The van der Waals surface area contributed by atoms with E-state index in [2.05, 4.69) is 13.8 Å². The molecular weight excluding hydrogens is 196 g/mol. The normalized spacial score (nSPS) is 33.2. The van der Waals surface area contributed by atoms with E-state index in [1.807, 2.05) is 0 Å². The zero-order valence-electron chi connectivity index (χ0n) is 9.47. The monoisotopic (exact) mass is 218 g/mol. The van der Waals surface area contributed by atoms with Crippen molar-refractivity contribution in [2.24, 2.45) is 11.8 Å². The minimum atomic E-state index is 0.518. The van der Waals surface area contributed by atoms with Crippen LogP contribution in [-0.2, 0) is 4.74 Å². The van der Waals surface area contributed by atoms with E-state index in [0.717, 1.165) is 37.2 Å². The van der Waals surface area contributed by atoms with E-state index in [4.69, 9.17) is 16.3 Å². The Kier molecular flexibility index (Phi) is 5.88. The van der Waals surface area contributed by atoms with Crippen LogP contribution in [0.4, 0.5) is 0 Å². The molecule has 2 unspecified atom stereocenters. The molecule has 0 saturated heterocycles. The molecule has 0 radical (unpaired) electrons. The SMILES string of the molecule is CC1CC(C)CC(OCCCCCl)C1. The summed E-state index contributed by atoms with van der Waals surface area (Å²) in [5.74, 6) is 2.45. The molecule has 2 heteroatoms. The molecule has 0 amide bonds. The van der Waals surface area contributed by atoms with Gasteiger partial charge in [-0.3, -0.25) is 0 Å². The van der Waals surface area contributed by atoms with E-state index >= 15 is 0 Å². The molecule has 0 heterocycles. The van der Waals surface area contributed by atoms with Gasteiger partial charge in [0.1, 0.15) is 0 Å². The molecule has 0 aromatic heterocycles. The highest BCUT2D eigenvalue weighted by atomic mass is 35.5. The van der Waals surface area contributed by atoms with Gasteiger partial charge in [0.25, 0.3) is 0 Å². The molecular formula is C12H23ClO. The van der Waals surface area contributed by atoms with Crippen molar-refractivity contribution in [2.45, 2.75) is 52.1 Å². The van der Waals surface area contributed by atoms with Gasteiger partial charge in [0, 0.05) is 12.5 Å². The summed E-state index contributed by atoms with van der Waals surface area (Å²) in [6.45, 7) is 5.58. The molecule has 0 bridgehead atoms. The molecule has 1 aliphatic rings. The lowest BCUT2D eigenvalue weighted by molar-refractivity contribution is -0.0000639. The third-order valence-electron chi connectivity index (χ3n) is 3.02. The van der Waals surface area contributed by atoms with Crippen LogP contribution in [0.15, 0.2) is 0 Å². The highest BCUT2D eigenvalue weighted by Gasteiger charge is 2.23. The summed E-state index contributed by atoms with van der Waals surface area (Å²) >= 11 is 5.61. The number of halogens is 1. The maximum atomic E-state index is 5.87. The van der Waals surface area contributed by atoms with E-state index in [1.165, 1.54) is 19.3 Å². The second kappa shape index (κ2) is 6.68.